The van der Waals surface area contributed by atoms with E-state index in [0.29, 0.717) is 11.4 Å². The van der Waals surface area contributed by atoms with Gasteiger partial charge in [0.2, 0.25) is 0 Å². The first-order valence-electron chi connectivity index (χ1n) is 4.73. The third kappa shape index (κ3) is 3.30. The largest absolute Gasteiger partial charge is 0.398 e. The van der Waals surface area contributed by atoms with Crippen LogP contribution in [0.3, 0.4) is 0 Å². The maximum Gasteiger partial charge on any atom is 0.125 e. The number of nitrogen functional groups attached to an aromatic ring is 1. The van der Waals surface area contributed by atoms with Crippen LogP contribution in [0.15, 0.2) is 18.2 Å². The minimum absolute atomic E-state index is 0.277. The van der Waals surface area contributed by atoms with Crippen LogP contribution in [0.4, 0.5) is 10.1 Å². The van der Waals surface area contributed by atoms with Crippen LogP contribution >= 0.6 is 0 Å². The summed E-state index contributed by atoms with van der Waals surface area (Å²) in [6.07, 6.45) is 0. The molecule has 0 aromatic heterocycles. The highest BCUT2D eigenvalue weighted by atomic mass is 32.2. The van der Waals surface area contributed by atoms with Gasteiger partial charge < -0.3 is 5.73 Å². The molecule has 4 heteroatoms. The normalized spacial score (nSPS) is 13.9. The average molecular weight is 229 g/mol. The lowest BCUT2D eigenvalue weighted by molar-refractivity contribution is 0.627. The van der Waals surface area contributed by atoms with Gasteiger partial charge >= 0.3 is 0 Å². The number of benzene rings is 1. The maximum absolute atomic E-state index is 12.8. The summed E-state index contributed by atoms with van der Waals surface area (Å²) in [5, 5.41) is 0. The van der Waals surface area contributed by atoms with E-state index < -0.39 is 10.8 Å². The number of anilines is 1. The predicted molar refractivity (Wildman–Crippen MR) is 62.4 cm³/mol. The van der Waals surface area contributed by atoms with E-state index in [9.17, 15) is 8.60 Å². The van der Waals surface area contributed by atoms with Crippen LogP contribution in [0.2, 0.25) is 0 Å². The molecule has 0 heterocycles. The molecule has 15 heavy (non-hydrogen) atoms. The molecule has 0 spiro atoms. The van der Waals surface area contributed by atoms with E-state index in [1.165, 1.54) is 12.1 Å². The predicted octanol–water partition coefficient (Wildman–Crippen LogP) is 2.46. The van der Waals surface area contributed by atoms with Crippen LogP contribution in [0.25, 0.3) is 0 Å². The SMILES string of the molecule is CC(C)(C)S(=O)Cc1ccc(F)cc1N. The summed E-state index contributed by atoms with van der Waals surface area (Å²) < 4.78 is 24.3. The van der Waals surface area contributed by atoms with Crippen LogP contribution in [0.1, 0.15) is 26.3 Å². The first-order chi connectivity index (χ1) is 6.80. The summed E-state index contributed by atoms with van der Waals surface area (Å²) in [6, 6.07) is 4.19. The maximum atomic E-state index is 12.8. The van der Waals surface area contributed by atoms with Crippen molar-refractivity contribution < 1.29 is 8.60 Å². The molecule has 1 atom stereocenters. The lowest BCUT2D eigenvalue weighted by Gasteiger charge is -2.18. The molecule has 1 aromatic rings. The van der Waals surface area contributed by atoms with Gasteiger partial charge in [-0.3, -0.25) is 4.21 Å². The molecule has 1 aromatic carbocycles. The second-order valence-electron chi connectivity index (χ2n) is 4.45. The lowest BCUT2D eigenvalue weighted by Crippen LogP contribution is -2.23. The van der Waals surface area contributed by atoms with Crippen LogP contribution in [0, 0.1) is 5.82 Å². The Balaban J connectivity index is 2.87. The summed E-state index contributed by atoms with van der Waals surface area (Å²) in [4.78, 5) is 0. The number of nitrogens with two attached hydrogens (primary N) is 1. The highest BCUT2D eigenvalue weighted by Crippen LogP contribution is 2.20. The van der Waals surface area contributed by atoms with Crippen LogP contribution in [-0.4, -0.2) is 8.96 Å². The fourth-order valence-electron chi connectivity index (χ4n) is 1.05. The van der Waals surface area contributed by atoms with E-state index in [1.807, 2.05) is 20.8 Å². The Hall–Kier alpha value is -0.900. The van der Waals surface area contributed by atoms with Crippen molar-refractivity contribution in [1.82, 2.24) is 0 Å². The first kappa shape index (κ1) is 12.2. The molecule has 0 fully saturated rings. The topological polar surface area (TPSA) is 43.1 Å². The van der Waals surface area contributed by atoms with Gasteiger partial charge in [-0.15, -0.1) is 0 Å². The zero-order valence-corrected chi connectivity index (χ0v) is 10.0. The molecule has 2 N–H and O–H groups in total. The third-order valence-electron chi connectivity index (χ3n) is 2.08. The Morgan fingerprint density at radius 1 is 1.40 bits per heavy atom. The van der Waals surface area contributed by atoms with Crippen LogP contribution < -0.4 is 5.73 Å². The van der Waals surface area contributed by atoms with E-state index in [4.69, 9.17) is 5.73 Å². The minimum Gasteiger partial charge on any atom is -0.398 e. The van der Waals surface area contributed by atoms with Gasteiger partial charge in [0.05, 0.1) is 5.75 Å². The summed E-state index contributed by atoms with van der Waals surface area (Å²) in [5.74, 6) is 0.00749. The summed E-state index contributed by atoms with van der Waals surface area (Å²) in [7, 11) is -1.01. The molecule has 0 aliphatic heterocycles. The monoisotopic (exact) mass is 229 g/mol. The highest BCUT2D eigenvalue weighted by molar-refractivity contribution is 7.85. The molecule has 2 nitrogen and oxygen atoms in total. The summed E-state index contributed by atoms with van der Waals surface area (Å²) in [6.45, 7) is 5.72. The van der Waals surface area contributed by atoms with Gasteiger partial charge in [0.1, 0.15) is 5.82 Å². The van der Waals surface area contributed by atoms with E-state index in [1.54, 1.807) is 6.07 Å². The second kappa shape index (κ2) is 4.31. The van der Waals surface area contributed by atoms with Crippen LogP contribution in [-0.2, 0) is 16.6 Å². The summed E-state index contributed by atoms with van der Waals surface area (Å²) in [5.41, 5.74) is 6.75. The molecule has 0 saturated carbocycles. The molecular formula is C11H16FNOS. The standard InChI is InChI=1S/C11H16FNOS/c1-11(2,3)15(14)7-8-4-5-9(12)6-10(8)13/h4-6H,7,13H2,1-3H3. The van der Waals surface area contributed by atoms with Crippen molar-refractivity contribution in [2.24, 2.45) is 0 Å². The smallest absolute Gasteiger partial charge is 0.125 e. The van der Waals surface area contributed by atoms with E-state index in [2.05, 4.69) is 0 Å². The van der Waals surface area contributed by atoms with Crippen molar-refractivity contribution in [2.45, 2.75) is 31.3 Å². The van der Waals surface area contributed by atoms with Gasteiger partial charge in [-0.2, -0.15) is 0 Å². The second-order valence-corrected chi connectivity index (χ2v) is 6.65. The Kier molecular flexibility index (Phi) is 3.50. The van der Waals surface area contributed by atoms with Crippen molar-refractivity contribution in [1.29, 1.82) is 0 Å². The van der Waals surface area contributed by atoms with Crippen molar-refractivity contribution in [3.05, 3.63) is 29.6 Å². The molecule has 0 saturated heterocycles. The molecular weight excluding hydrogens is 213 g/mol. The minimum atomic E-state index is -1.01. The van der Waals surface area contributed by atoms with Gasteiger partial charge in [0, 0.05) is 21.2 Å². The van der Waals surface area contributed by atoms with Crippen LogP contribution in [0.5, 0.6) is 0 Å². The number of rotatable bonds is 2. The molecule has 0 radical (unpaired) electrons. The van der Waals surface area contributed by atoms with Crippen molar-refractivity contribution in [3.63, 3.8) is 0 Å². The summed E-state index contributed by atoms with van der Waals surface area (Å²) >= 11 is 0. The Labute approximate surface area is 92.1 Å². The fraction of sp³-hybridized carbons (Fsp3) is 0.455. The van der Waals surface area contributed by atoms with Gasteiger partial charge in [-0.25, -0.2) is 4.39 Å². The van der Waals surface area contributed by atoms with Gasteiger partial charge in [-0.1, -0.05) is 6.07 Å². The Morgan fingerprint density at radius 3 is 2.47 bits per heavy atom. The van der Waals surface area contributed by atoms with E-state index in [0.717, 1.165) is 5.56 Å². The molecule has 0 amide bonds. The average Bonchev–Trinajstić information content (AvgIpc) is 2.08. The lowest BCUT2D eigenvalue weighted by atomic mass is 10.2. The number of hydrogen-bond acceptors (Lipinski definition) is 2. The zero-order valence-electron chi connectivity index (χ0n) is 9.21. The molecule has 0 aliphatic carbocycles. The molecule has 1 rings (SSSR count). The van der Waals surface area contributed by atoms with E-state index in [-0.39, 0.29) is 10.6 Å². The molecule has 84 valence electrons. The van der Waals surface area contributed by atoms with Gasteiger partial charge in [-0.05, 0) is 38.5 Å². The van der Waals surface area contributed by atoms with Gasteiger partial charge in [0.15, 0.2) is 0 Å². The van der Waals surface area contributed by atoms with Crippen molar-refractivity contribution >= 4 is 16.5 Å². The Morgan fingerprint density at radius 2 is 2.00 bits per heavy atom. The third-order valence-corrected chi connectivity index (χ3v) is 4.02. The quantitative estimate of drug-likeness (QED) is 0.792. The number of halogens is 1. The van der Waals surface area contributed by atoms with Gasteiger partial charge in [0.25, 0.3) is 0 Å². The molecule has 1 unspecified atom stereocenters. The van der Waals surface area contributed by atoms with E-state index >= 15 is 0 Å². The number of hydrogen-bond donors (Lipinski definition) is 1. The zero-order chi connectivity index (χ0) is 11.6. The highest BCUT2D eigenvalue weighted by Gasteiger charge is 2.20. The molecule has 0 aliphatic rings. The van der Waals surface area contributed by atoms with Crippen molar-refractivity contribution in [2.75, 3.05) is 5.73 Å². The first-order valence-corrected chi connectivity index (χ1v) is 6.05. The fourth-order valence-corrected chi connectivity index (χ4v) is 2.03. The molecule has 0 bridgehead atoms. The van der Waals surface area contributed by atoms with Crippen molar-refractivity contribution in [3.8, 4) is 0 Å². The Bertz CT molecular complexity index is 385.